The number of hydrogen-bond acceptors (Lipinski definition) is 2. The van der Waals surface area contributed by atoms with Crippen molar-refractivity contribution in [3.63, 3.8) is 0 Å². The van der Waals surface area contributed by atoms with Gasteiger partial charge in [0.25, 0.3) is 0 Å². The van der Waals surface area contributed by atoms with Crippen molar-refractivity contribution in [2.45, 2.75) is 0 Å². The molecule has 0 spiro atoms. The molecule has 0 atom stereocenters. The number of allylic oxidation sites excluding steroid dienone is 1. The number of carbonyl (C=O) groups excluding carboxylic acids is 1. The topological polar surface area (TPSA) is 29.1 Å². The normalized spacial score (nSPS) is 10.6. The molecule has 0 saturated carbocycles. The molecule has 2 aromatic rings. The van der Waals surface area contributed by atoms with E-state index >= 15 is 0 Å². The van der Waals surface area contributed by atoms with Gasteiger partial charge in [0.05, 0.1) is 5.69 Å². The van der Waals surface area contributed by atoms with E-state index in [1.54, 1.807) is 18.3 Å². The highest BCUT2D eigenvalue weighted by Crippen LogP contribution is 2.26. The number of benzene rings is 2. The molecule has 1 N–H and O–H groups in total. The minimum absolute atomic E-state index is 0.0265. The summed E-state index contributed by atoms with van der Waals surface area (Å²) < 4.78 is 1.92. The molecule has 0 aliphatic heterocycles. The molecule has 0 unspecified atom stereocenters. The summed E-state index contributed by atoms with van der Waals surface area (Å²) in [6, 6.07) is 15.0. The SMILES string of the molecule is O=C(/C=C/Nc1ccc(Br)cc1Br)c1ccccc1. The van der Waals surface area contributed by atoms with Gasteiger partial charge in [0.1, 0.15) is 0 Å². The molecule has 0 aliphatic carbocycles. The lowest BCUT2D eigenvalue weighted by Gasteiger charge is -2.04. The Kier molecular flexibility index (Phi) is 4.93. The van der Waals surface area contributed by atoms with Crippen molar-refractivity contribution < 1.29 is 4.79 Å². The van der Waals surface area contributed by atoms with E-state index in [0.29, 0.717) is 5.56 Å². The predicted octanol–water partition coefficient (Wildman–Crippen LogP) is 5.02. The smallest absolute Gasteiger partial charge is 0.187 e. The highest BCUT2D eigenvalue weighted by Gasteiger charge is 2.00. The van der Waals surface area contributed by atoms with Crippen LogP contribution < -0.4 is 5.32 Å². The largest absolute Gasteiger partial charge is 0.361 e. The molecule has 0 fully saturated rings. The van der Waals surface area contributed by atoms with Crippen LogP contribution in [0.25, 0.3) is 0 Å². The summed E-state index contributed by atoms with van der Waals surface area (Å²) in [4.78, 5) is 11.8. The number of ketones is 1. The molecule has 2 nitrogen and oxygen atoms in total. The van der Waals surface area contributed by atoms with Crippen LogP contribution in [0.1, 0.15) is 10.4 Å². The first kappa shape index (κ1) is 14.0. The van der Waals surface area contributed by atoms with E-state index in [1.165, 1.54) is 6.08 Å². The van der Waals surface area contributed by atoms with E-state index < -0.39 is 0 Å². The van der Waals surface area contributed by atoms with Gasteiger partial charge in [-0.05, 0) is 34.1 Å². The van der Waals surface area contributed by atoms with Gasteiger partial charge in [-0.3, -0.25) is 4.79 Å². The molecular weight excluding hydrogens is 370 g/mol. The maximum absolute atomic E-state index is 11.8. The van der Waals surface area contributed by atoms with Crippen LogP contribution in [0.4, 0.5) is 5.69 Å². The van der Waals surface area contributed by atoms with Gasteiger partial charge in [-0.15, -0.1) is 0 Å². The number of halogens is 2. The summed E-state index contributed by atoms with van der Waals surface area (Å²) in [6.07, 6.45) is 3.16. The van der Waals surface area contributed by atoms with Crippen molar-refractivity contribution >= 4 is 43.3 Å². The fourth-order valence-corrected chi connectivity index (χ4v) is 2.67. The van der Waals surface area contributed by atoms with Gasteiger partial charge in [0, 0.05) is 26.8 Å². The summed E-state index contributed by atoms with van der Waals surface area (Å²) >= 11 is 6.84. The standard InChI is InChI=1S/C15H11Br2NO/c16-12-6-7-14(13(17)10-12)18-9-8-15(19)11-4-2-1-3-5-11/h1-10,18H/b9-8+. The summed E-state index contributed by atoms with van der Waals surface area (Å²) in [7, 11) is 0. The first-order chi connectivity index (χ1) is 9.16. The zero-order valence-electron chi connectivity index (χ0n) is 9.94. The maximum Gasteiger partial charge on any atom is 0.187 e. The lowest BCUT2D eigenvalue weighted by Crippen LogP contribution is -1.96. The lowest BCUT2D eigenvalue weighted by atomic mass is 10.1. The summed E-state index contributed by atoms with van der Waals surface area (Å²) in [6.45, 7) is 0. The molecule has 0 amide bonds. The van der Waals surface area contributed by atoms with Gasteiger partial charge in [0.2, 0.25) is 0 Å². The summed E-state index contributed by atoms with van der Waals surface area (Å²) in [5.41, 5.74) is 1.58. The van der Waals surface area contributed by atoms with E-state index in [2.05, 4.69) is 37.2 Å². The molecule has 96 valence electrons. The fraction of sp³-hybridized carbons (Fsp3) is 0. The molecule has 0 aliphatic rings. The molecule has 2 aromatic carbocycles. The quantitative estimate of drug-likeness (QED) is 0.595. The van der Waals surface area contributed by atoms with Crippen LogP contribution in [0.5, 0.6) is 0 Å². The van der Waals surface area contributed by atoms with Crippen LogP contribution in [-0.2, 0) is 0 Å². The number of nitrogens with one attached hydrogen (secondary N) is 1. The summed E-state index contributed by atoms with van der Waals surface area (Å²) in [5.74, 6) is -0.0265. The third-order valence-corrected chi connectivity index (χ3v) is 3.61. The van der Waals surface area contributed by atoms with Gasteiger partial charge in [-0.2, -0.15) is 0 Å². The van der Waals surface area contributed by atoms with Crippen LogP contribution in [0, 0.1) is 0 Å². The van der Waals surface area contributed by atoms with Crippen molar-refractivity contribution in [3.8, 4) is 0 Å². The number of rotatable bonds is 4. The Hall–Kier alpha value is -1.39. The lowest BCUT2D eigenvalue weighted by molar-refractivity contribution is 0.104. The van der Waals surface area contributed by atoms with Gasteiger partial charge >= 0.3 is 0 Å². The van der Waals surface area contributed by atoms with Gasteiger partial charge in [-0.1, -0.05) is 46.3 Å². The first-order valence-corrected chi connectivity index (χ1v) is 7.23. The van der Waals surface area contributed by atoms with Crippen LogP contribution >= 0.6 is 31.9 Å². The second-order valence-corrected chi connectivity index (χ2v) is 5.60. The Labute approximate surface area is 128 Å². The minimum atomic E-state index is -0.0265. The maximum atomic E-state index is 11.8. The zero-order chi connectivity index (χ0) is 13.7. The Morgan fingerprint density at radius 2 is 1.79 bits per heavy atom. The van der Waals surface area contributed by atoms with E-state index in [1.807, 2.05) is 36.4 Å². The average Bonchev–Trinajstić information content (AvgIpc) is 2.42. The number of anilines is 1. The molecule has 0 radical (unpaired) electrons. The number of hydrogen-bond donors (Lipinski definition) is 1. The third-order valence-electron chi connectivity index (χ3n) is 2.46. The predicted molar refractivity (Wildman–Crippen MR) is 85.4 cm³/mol. The van der Waals surface area contributed by atoms with Crippen LogP contribution in [0.3, 0.4) is 0 Å². The van der Waals surface area contributed by atoms with E-state index in [9.17, 15) is 4.79 Å². The van der Waals surface area contributed by atoms with Gasteiger partial charge in [0.15, 0.2) is 5.78 Å². The van der Waals surface area contributed by atoms with Crippen molar-refractivity contribution in [2.75, 3.05) is 5.32 Å². The molecule has 0 saturated heterocycles. The molecule has 4 heteroatoms. The van der Waals surface area contributed by atoms with E-state index in [4.69, 9.17) is 0 Å². The highest BCUT2D eigenvalue weighted by molar-refractivity contribution is 9.11. The third kappa shape index (κ3) is 4.04. The minimum Gasteiger partial charge on any atom is -0.361 e. The molecule has 0 heterocycles. The van der Waals surface area contributed by atoms with Crippen LogP contribution in [0.15, 0.2) is 69.8 Å². The summed E-state index contributed by atoms with van der Waals surface area (Å²) in [5, 5.41) is 3.07. The molecule has 2 rings (SSSR count). The van der Waals surface area contributed by atoms with Crippen molar-refractivity contribution in [2.24, 2.45) is 0 Å². The first-order valence-electron chi connectivity index (χ1n) is 5.64. The van der Waals surface area contributed by atoms with Crippen molar-refractivity contribution in [3.05, 3.63) is 75.3 Å². The van der Waals surface area contributed by atoms with Crippen LogP contribution in [-0.4, -0.2) is 5.78 Å². The Morgan fingerprint density at radius 3 is 2.47 bits per heavy atom. The Bertz CT molecular complexity index is 609. The monoisotopic (exact) mass is 379 g/mol. The molecule has 19 heavy (non-hydrogen) atoms. The Morgan fingerprint density at radius 1 is 1.05 bits per heavy atom. The zero-order valence-corrected chi connectivity index (χ0v) is 13.1. The van der Waals surface area contributed by atoms with Crippen molar-refractivity contribution in [1.29, 1.82) is 0 Å². The fourth-order valence-electron chi connectivity index (χ4n) is 1.51. The van der Waals surface area contributed by atoms with Crippen molar-refractivity contribution in [1.82, 2.24) is 0 Å². The second-order valence-electron chi connectivity index (χ2n) is 3.83. The van der Waals surface area contributed by atoms with Gasteiger partial charge < -0.3 is 5.32 Å². The second kappa shape index (κ2) is 6.68. The Balaban J connectivity index is 2.02. The highest BCUT2D eigenvalue weighted by atomic mass is 79.9. The molecule has 0 aromatic heterocycles. The molecule has 0 bridgehead atoms. The van der Waals surface area contributed by atoms with E-state index in [-0.39, 0.29) is 5.78 Å². The molecular formula is C15H11Br2NO. The number of carbonyl (C=O) groups is 1. The van der Waals surface area contributed by atoms with Crippen LogP contribution in [0.2, 0.25) is 0 Å². The van der Waals surface area contributed by atoms with Gasteiger partial charge in [-0.25, -0.2) is 0 Å². The van der Waals surface area contributed by atoms with E-state index in [0.717, 1.165) is 14.6 Å². The average molecular weight is 381 g/mol.